The minimum Gasteiger partial charge on any atom is -0.481 e. The van der Waals surface area contributed by atoms with E-state index in [9.17, 15) is 14.7 Å². The minimum absolute atomic E-state index is 0.158. The van der Waals surface area contributed by atoms with Gasteiger partial charge in [-0.2, -0.15) is 0 Å². The van der Waals surface area contributed by atoms with Crippen LogP contribution in [0.5, 0.6) is 0 Å². The molecule has 0 saturated carbocycles. The van der Waals surface area contributed by atoms with Gasteiger partial charge in [0.05, 0.1) is 5.92 Å². The van der Waals surface area contributed by atoms with E-state index in [-0.39, 0.29) is 17.9 Å². The number of hydrogen-bond acceptors (Lipinski definition) is 2. The number of carboxylic acid groups (broad SMARTS) is 1. The largest absolute Gasteiger partial charge is 0.481 e. The van der Waals surface area contributed by atoms with Crippen molar-refractivity contribution in [3.8, 4) is 0 Å². The van der Waals surface area contributed by atoms with Crippen LogP contribution in [-0.2, 0) is 4.79 Å². The third-order valence-corrected chi connectivity index (χ3v) is 4.80. The Morgan fingerprint density at radius 1 is 1.25 bits per heavy atom. The van der Waals surface area contributed by atoms with Crippen LogP contribution in [-0.4, -0.2) is 41.6 Å². The summed E-state index contributed by atoms with van der Waals surface area (Å²) in [5, 5.41) is 12.2. The number of aliphatic carboxylic acids is 1. The van der Waals surface area contributed by atoms with Crippen LogP contribution in [0.4, 0.5) is 4.79 Å². The Bertz CT molecular complexity index is 559. The van der Waals surface area contributed by atoms with Crippen LogP contribution in [0, 0.1) is 17.8 Å². The summed E-state index contributed by atoms with van der Waals surface area (Å²) in [5.74, 6) is -0.425. The number of nitrogens with one attached hydrogen (secondary N) is 1. The monoisotopic (exact) mass is 332 g/mol. The summed E-state index contributed by atoms with van der Waals surface area (Å²) < 4.78 is 0. The standard InChI is InChI=1S/C19H28N2O3/c1-13(2)17(15-7-5-4-6-8-15)10-20-19(24)21-11-14(3)9-16(12-21)18(22)23/h4-8,13-14,16-17H,9-12H2,1-3H3,(H,20,24)(H,22,23). The molecule has 1 aromatic carbocycles. The zero-order chi connectivity index (χ0) is 17.7. The number of urea groups is 1. The number of amides is 2. The predicted molar refractivity (Wildman–Crippen MR) is 93.9 cm³/mol. The number of benzene rings is 1. The van der Waals surface area contributed by atoms with Gasteiger partial charge in [0.1, 0.15) is 0 Å². The minimum atomic E-state index is -0.816. The van der Waals surface area contributed by atoms with Crippen molar-refractivity contribution in [3.63, 3.8) is 0 Å². The number of carboxylic acids is 1. The molecule has 0 aromatic heterocycles. The fraction of sp³-hybridized carbons (Fsp3) is 0.579. The lowest BCUT2D eigenvalue weighted by Crippen LogP contribution is -2.50. The molecular weight excluding hydrogens is 304 g/mol. The molecule has 1 heterocycles. The van der Waals surface area contributed by atoms with Crippen LogP contribution in [0.1, 0.15) is 38.7 Å². The number of hydrogen-bond donors (Lipinski definition) is 2. The number of carbonyl (C=O) groups is 2. The molecule has 24 heavy (non-hydrogen) atoms. The normalized spacial score (nSPS) is 22.2. The summed E-state index contributed by atoms with van der Waals surface area (Å²) in [6.07, 6.45) is 0.637. The van der Waals surface area contributed by atoms with Gasteiger partial charge in [0, 0.05) is 25.6 Å². The summed E-state index contributed by atoms with van der Waals surface area (Å²) in [6, 6.07) is 10.0. The number of carbonyl (C=O) groups excluding carboxylic acids is 1. The molecule has 3 unspecified atom stereocenters. The SMILES string of the molecule is CC1CC(C(=O)O)CN(C(=O)NCC(c2ccccc2)C(C)C)C1. The van der Waals surface area contributed by atoms with E-state index >= 15 is 0 Å². The van der Waals surface area contributed by atoms with Gasteiger partial charge in [-0.3, -0.25) is 4.79 Å². The first kappa shape index (κ1) is 18.3. The Morgan fingerprint density at radius 2 is 1.92 bits per heavy atom. The molecule has 2 amide bonds. The van der Waals surface area contributed by atoms with Crippen molar-refractivity contribution in [2.24, 2.45) is 17.8 Å². The van der Waals surface area contributed by atoms with Crippen LogP contribution < -0.4 is 5.32 Å². The van der Waals surface area contributed by atoms with Crippen molar-refractivity contribution in [1.82, 2.24) is 10.2 Å². The van der Waals surface area contributed by atoms with Crippen LogP contribution in [0.15, 0.2) is 30.3 Å². The number of rotatable bonds is 5. The molecule has 1 aliphatic rings. The summed E-state index contributed by atoms with van der Waals surface area (Å²) in [7, 11) is 0. The third kappa shape index (κ3) is 4.73. The van der Waals surface area contributed by atoms with E-state index in [1.54, 1.807) is 4.90 Å². The number of likely N-dealkylation sites (tertiary alicyclic amines) is 1. The molecule has 1 fully saturated rings. The van der Waals surface area contributed by atoms with Crippen molar-refractivity contribution in [3.05, 3.63) is 35.9 Å². The van der Waals surface area contributed by atoms with Crippen molar-refractivity contribution in [2.75, 3.05) is 19.6 Å². The lowest BCUT2D eigenvalue weighted by atomic mass is 9.88. The number of piperidine rings is 1. The van der Waals surface area contributed by atoms with Crippen molar-refractivity contribution in [2.45, 2.75) is 33.1 Å². The summed E-state index contributed by atoms with van der Waals surface area (Å²) >= 11 is 0. The fourth-order valence-corrected chi connectivity index (χ4v) is 3.44. The lowest BCUT2D eigenvalue weighted by Gasteiger charge is -2.35. The van der Waals surface area contributed by atoms with Gasteiger partial charge in [0.25, 0.3) is 0 Å². The van der Waals surface area contributed by atoms with Crippen LogP contribution in [0.25, 0.3) is 0 Å². The summed E-state index contributed by atoms with van der Waals surface area (Å²) in [6.45, 7) is 7.76. The Balaban J connectivity index is 1.97. The smallest absolute Gasteiger partial charge is 0.317 e. The topological polar surface area (TPSA) is 69.6 Å². The first-order valence-corrected chi connectivity index (χ1v) is 8.69. The van der Waals surface area contributed by atoms with Crippen molar-refractivity contribution >= 4 is 12.0 Å². The van der Waals surface area contributed by atoms with Gasteiger partial charge in [-0.1, -0.05) is 51.1 Å². The number of nitrogens with zero attached hydrogens (tertiary/aromatic N) is 1. The molecule has 132 valence electrons. The van der Waals surface area contributed by atoms with Crippen LogP contribution >= 0.6 is 0 Å². The van der Waals surface area contributed by atoms with Gasteiger partial charge in [-0.05, 0) is 23.8 Å². The van der Waals surface area contributed by atoms with Crippen LogP contribution in [0.2, 0.25) is 0 Å². The van der Waals surface area contributed by atoms with E-state index in [1.165, 1.54) is 5.56 Å². The highest BCUT2D eigenvalue weighted by Gasteiger charge is 2.32. The molecule has 0 bridgehead atoms. The molecule has 1 aliphatic heterocycles. The van der Waals surface area contributed by atoms with Gasteiger partial charge in [0.15, 0.2) is 0 Å². The lowest BCUT2D eigenvalue weighted by molar-refractivity contribution is -0.143. The molecule has 0 radical (unpaired) electrons. The molecule has 0 aliphatic carbocycles. The molecule has 1 saturated heterocycles. The molecule has 2 rings (SSSR count). The molecule has 3 atom stereocenters. The summed E-state index contributed by atoms with van der Waals surface area (Å²) in [5.41, 5.74) is 1.21. The Labute approximate surface area is 144 Å². The maximum atomic E-state index is 12.5. The third-order valence-electron chi connectivity index (χ3n) is 4.80. The zero-order valence-electron chi connectivity index (χ0n) is 14.7. The maximum Gasteiger partial charge on any atom is 0.317 e. The van der Waals surface area contributed by atoms with E-state index in [2.05, 4.69) is 31.3 Å². The van der Waals surface area contributed by atoms with Crippen LogP contribution in [0.3, 0.4) is 0 Å². The second-order valence-corrected chi connectivity index (χ2v) is 7.23. The first-order valence-electron chi connectivity index (χ1n) is 8.69. The molecule has 5 heteroatoms. The molecule has 5 nitrogen and oxygen atoms in total. The molecule has 1 aromatic rings. The highest BCUT2D eigenvalue weighted by Crippen LogP contribution is 2.24. The predicted octanol–water partition coefficient (Wildman–Crippen LogP) is 3.18. The molecule has 2 N–H and O–H groups in total. The second kappa shape index (κ2) is 8.18. The Morgan fingerprint density at radius 3 is 2.50 bits per heavy atom. The van der Waals surface area contributed by atoms with E-state index in [1.807, 2.05) is 25.1 Å². The van der Waals surface area contributed by atoms with Gasteiger partial charge < -0.3 is 15.3 Å². The Kier molecular flexibility index (Phi) is 6.23. The molecule has 0 spiro atoms. The van der Waals surface area contributed by atoms with Crippen molar-refractivity contribution < 1.29 is 14.7 Å². The fourth-order valence-electron chi connectivity index (χ4n) is 3.44. The first-order chi connectivity index (χ1) is 11.4. The summed E-state index contributed by atoms with van der Waals surface area (Å²) in [4.78, 5) is 25.4. The van der Waals surface area contributed by atoms with E-state index in [0.717, 1.165) is 0 Å². The average molecular weight is 332 g/mol. The Hall–Kier alpha value is -2.04. The van der Waals surface area contributed by atoms with E-state index in [0.29, 0.717) is 32.0 Å². The highest BCUT2D eigenvalue weighted by molar-refractivity contribution is 5.76. The van der Waals surface area contributed by atoms with Gasteiger partial charge in [0.2, 0.25) is 0 Å². The van der Waals surface area contributed by atoms with Gasteiger partial charge in [-0.15, -0.1) is 0 Å². The van der Waals surface area contributed by atoms with Gasteiger partial charge in [-0.25, -0.2) is 4.79 Å². The second-order valence-electron chi connectivity index (χ2n) is 7.23. The highest BCUT2D eigenvalue weighted by atomic mass is 16.4. The van der Waals surface area contributed by atoms with Gasteiger partial charge >= 0.3 is 12.0 Å². The zero-order valence-corrected chi connectivity index (χ0v) is 14.7. The van der Waals surface area contributed by atoms with Crippen molar-refractivity contribution in [1.29, 1.82) is 0 Å². The quantitative estimate of drug-likeness (QED) is 0.870. The average Bonchev–Trinajstić information content (AvgIpc) is 2.55. The maximum absolute atomic E-state index is 12.5. The van der Waals surface area contributed by atoms with E-state index in [4.69, 9.17) is 0 Å². The molecular formula is C19H28N2O3. The van der Waals surface area contributed by atoms with E-state index < -0.39 is 11.9 Å².